The first kappa shape index (κ1) is 10.9. The number of hydrogen-bond donors (Lipinski definition) is 1. The first-order valence-electron chi connectivity index (χ1n) is 5.35. The van der Waals surface area contributed by atoms with Crippen LogP contribution in [0.15, 0.2) is 18.2 Å². The van der Waals surface area contributed by atoms with Crippen molar-refractivity contribution in [3.05, 3.63) is 29.6 Å². The van der Waals surface area contributed by atoms with Gasteiger partial charge in [-0.15, -0.1) is 0 Å². The van der Waals surface area contributed by atoms with E-state index in [1.165, 1.54) is 6.07 Å². The molecule has 0 unspecified atom stereocenters. The van der Waals surface area contributed by atoms with Gasteiger partial charge in [-0.1, -0.05) is 13.0 Å². The maximum absolute atomic E-state index is 13.0. The van der Waals surface area contributed by atoms with Gasteiger partial charge in [-0.25, -0.2) is 4.39 Å². The third-order valence-corrected chi connectivity index (χ3v) is 2.82. The van der Waals surface area contributed by atoms with Crippen LogP contribution in [0.4, 0.5) is 10.1 Å². The van der Waals surface area contributed by atoms with Gasteiger partial charge in [-0.05, 0) is 30.5 Å². The first-order chi connectivity index (χ1) is 7.57. The number of halogens is 1. The van der Waals surface area contributed by atoms with Crippen molar-refractivity contribution in [2.45, 2.75) is 31.8 Å². The van der Waals surface area contributed by atoms with E-state index < -0.39 is 11.4 Å². The van der Waals surface area contributed by atoms with Crippen LogP contribution in [0.2, 0.25) is 0 Å². The predicted molar refractivity (Wildman–Crippen MR) is 58.1 cm³/mol. The Balaban J connectivity index is 2.23. The largest absolute Gasteiger partial charge is 0.454 e. The van der Waals surface area contributed by atoms with E-state index in [0.29, 0.717) is 6.42 Å². The van der Waals surface area contributed by atoms with Crippen molar-refractivity contribution in [3.8, 4) is 0 Å². The highest BCUT2D eigenvalue weighted by Crippen LogP contribution is 2.49. The lowest BCUT2D eigenvalue weighted by atomic mass is 10.1. The second-order valence-corrected chi connectivity index (χ2v) is 4.06. The molecule has 0 spiro atoms. The number of anilines is 1. The summed E-state index contributed by atoms with van der Waals surface area (Å²) in [7, 11) is 0. The van der Waals surface area contributed by atoms with Crippen molar-refractivity contribution in [3.63, 3.8) is 0 Å². The van der Waals surface area contributed by atoms with Crippen LogP contribution in [0.3, 0.4) is 0 Å². The lowest BCUT2D eigenvalue weighted by Crippen LogP contribution is -2.17. The number of ether oxygens (including phenoxy) is 1. The van der Waals surface area contributed by atoms with Gasteiger partial charge in [0, 0.05) is 6.42 Å². The molecule has 0 saturated heterocycles. The predicted octanol–water partition coefficient (Wildman–Crippen LogP) is 2.35. The van der Waals surface area contributed by atoms with Gasteiger partial charge in [0.15, 0.2) is 0 Å². The molecule has 0 aromatic heterocycles. The summed E-state index contributed by atoms with van der Waals surface area (Å²) in [5, 5.41) is 0. The summed E-state index contributed by atoms with van der Waals surface area (Å²) < 4.78 is 18.4. The Bertz CT molecular complexity index is 427. The van der Waals surface area contributed by atoms with E-state index in [2.05, 4.69) is 0 Å². The standard InChI is InChI=1S/C12H14FNO2/c1-2-11(15)16-12(5-6-12)8-3-4-9(13)10(14)7-8/h3-4,7H,2,5-6,14H2,1H3. The molecule has 1 saturated carbocycles. The molecule has 0 heterocycles. The van der Waals surface area contributed by atoms with E-state index in [1.54, 1.807) is 19.1 Å². The molecule has 3 nitrogen and oxygen atoms in total. The molecule has 0 atom stereocenters. The second-order valence-electron chi connectivity index (χ2n) is 4.06. The Morgan fingerprint density at radius 3 is 2.75 bits per heavy atom. The maximum Gasteiger partial charge on any atom is 0.306 e. The minimum absolute atomic E-state index is 0.0938. The Morgan fingerprint density at radius 2 is 2.25 bits per heavy atom. The molecular formula is C12H14FNO2. The average molecular weight is 223 g/mol. The van der Waals surface area contributed by atoms with Crippen molar-refractivity contribution >= 4 is 11.7 Å². The molecule has 1 fully saturated rings. The lowest BCUT2D eigenvalue weighted by Gasteiger charge is -2.17. The summed E-state index contributed by atoms with van der Waals surface area (Å²) in [4.78, 5) is 11.3. The van der Waals surface area contributed by atoms with Crippen molar-refractivity contribution in [2.24, 2.45) is 0 Å². The lowest BCUT2D eigenvalue weighted by molar-refractivity contribution is -0.151. The smallest absolute Gasteiger partial charge is 0.306 e. The van der Waals surface area contributed by atoms with Gasteiger partial charge in [-0.3, -0.25) is 4.79 Å². The molecule has 1 aliphatic carbocycles. The quantitative estimate of drug-likeness (QED) is 0.632. The van der Waals surface area contributed by atoms with Crippen molar-refractivity contribution < 1.29 is 13.9 Å². The summed E-state index contributed by atoms with van der Waals surface area (Å²) in [5.41, 5.74) is 5.83. The van der Waals surface area contributed by atoms with Gasteiger partial charge >= 0.3 is 5.97 Å². The fourth-order valence-electron chi connectivity index (χ4n) is 1.68. The molecule has 16 heavy (non-hydrogen) atoms. The number of nitrogens with two attached hydrogens (primary N) is 1. The van der Waals surface area contributed by atoms with Crippen LogP contribution < -0.4 is 5.73 Å². The summed E-state index contributed by atoms with van der Waals surface area (Å²) in [6, 6.07) is 4.48. The van der Waals surface area contributed by atoms with E-state index in [-0.39, 0.29) is 11.7 Å². The van der Waals surface area contributed by atoms with E-state index in [1.807, 2.05) is 0 Å². The normalized spacial score (nSPS) is 16.9. The average Bonchev–Trinajstić information content (AvgIpc) is 3.03. The molecule has 4 heteroatoms. The van der Waals surface area contributed by atoms with Crippen LogP contribution in [-0.4, -0.2) is 5.97 Å². The van der Waals surface area contributed by atoms with Crippen LogP contribution in [0.1, 0.15) is 31.7 Å². The van der Waals surface area contributed by atoms with Gasteiger partial charge in [-0.2, -0.15) is 0 Å². The highest BCUT2D eigenvalue weighted by atomic mass is 19.1. The molecule has 0 bridgehead atoms. The SMILES string of the molecule is CCC(=O)OC1(c2ccc(F)c(N)c2)CC1. The number of rotatable bonds is 3. The van der Waals surface area contributed by atoms with Crippen LogP contribution >= 0.6 is 0 Å². The number of esters is 1. The van der Waals surface area contributed by atoms with Gasteiger partial charge in [0.1, 0.15) is 11.4 Å². The number of hydrogen-bond acceptors (Lipinski definition) is 3. The minimum Gasteiger partial charge on any atom is -0.454 e. The number of carbonyl (C=O) groups excluding carboxylic acids is 1. The topological polar surface area (TPSA) is 52.3 Å². The molecule has 2 rings (SSSR count). The Hall–Kier alpha value is -1.58. The second kappa shape index (κ2) is 3.77. The van der Waals surface area contributed by atoms with Crippen LogP contribution in [-0.2, 0) is 15.1 Å². The summed E-state index contributed by atoms with van der Waals surface area (Å²) >= 11 is 0. The Morgan fingerprint density at radius 1 is 1.56 bits per heavy atom. The van der Waals surface area contributed by atoms with E-state index in [4.69, 9.17) is 10.5 Å². The van der Waals surface area contributed by atoms with Crippen molar-refractivity contribution in [2.75, 3.05) is 5.73 Å². The number of benzene rings is 1. The zero-order valence-electron chi connectivity index (χ0n) is 9.13. The fourth-order valence-corrected chi connectivity index (χ4v) is 1.68. The van der Waals surface area contributed by atoms with Gasteiger partial charge in [0.25, 0.3) is 0 Å². The van der Waals surface area contributed by atoms with Gasteiger partial charge in [0.05, 0.1) is 5.69 Å². The molecule has 1 aliphatic rings. The van der Waals surface area contributed by atoms with Crippen molar-refractivity contribution in [1.29, 1.82) is 0 Å². The Labute approximate surface area is 93.4 Å². The highest BCUT2D eigenvalue weighted by Gasteiger charge is 2.48. The first-order valence-corrected chi connectivity index (χ1v) is 5.35. The third-order valence-electron chi connectivity index (χ3n) is 2.82. The fraction of sp³-hybridized carbons (Fsp3) is 0.417. The number of nitrogen functional groups attached to an aromatic ring is 1. The maximum atomic E-state index is 13.0. The zero-order chi connectivity index (χ0) is 11.8. The van der Waals surface area contributed by atoms with Gasteiger partial charge < -0.3 is 10.5 Å². The van der Waals surface area contributed by atoms with Gasteiger partial charge in [0.2, 0.25) is 0 Å². The summed E-state index contributed by atoms with van der Waals surface area (Å²) in [5.74, 6) is -0.679. The molecule has 0 amide bonds. The van der Waals surface area contributed by atoms with Crippen molar-refractivity contribution in [1.82, 2.24) is 0 Å². The molecule has 1 aromatic carbocycles. The molecule has 1 aromatic rings. The number of carbonyl (C=O) groups is 1. The molecule has 86 valence electrons. The molecule has 2 N–H and O–H groups in total. The zero-order valence-corrected chi connectivity index (χ0v) is 9.13. The van der Waals surface area contributed by atoms with E-state index >= 15 is 0 Å². The monoisotopic (exact) mass is 223 g/mol. The third kappa shape index (κ3) is 1.87. The highest BCUT2D eigenvalue weighted by molar-refractivity contribution is 5.70. The summed E-state index contributed by atoms with van der Waals surface area (Å²) in [6.45, 7) is 1.75. The van der Waals surface area contributed by atoms with E-state index in [9.17, 15) is 9.18 Å². The van der Waals surface area contributed by atoms with E-state index in [0.717, 1.165) is 18.4 Å². The summed E-state index contributed by atoms with van der Waals surface area (Å²) in [6.07, 6.45) is 1.91. The minimum atomic E-state index is -0.547. The molecule has 0 aliphatic heterocycles. The van der Waals surface area contributed by atoms with Crippen LogP contribution in [0.5, 0.6) is 0 Å². The van der Waals surface area contributed by atoms with Crippen LogP contribution in [0, 0.1) is 5.82 Å². The molecular weight excluding hydrogens is 209 g/mol. The molecule has 0 radical (unpaired) electrons. The Kier molecular flexibility index (Phi) is 2.58. The van der Waals surface area contributed by atoms with Crippen LogP contribution in [0.25, 0.3) is 0 Å².